The Balaban J connectivity index is 2.36. The molecule has 0 radical (unpaired) electrons. The summed E-state index contributed by atoms with van der Waals surface area (Å²) >= 11 is 0. The first kappa shape index (κ1) is 13.9. The summed E-state index contributed by atoms with van der Waals surface area (Å²) in [6.07, 6.45) is 1.78. The summed E-state index contributed by atoms with van der Waals surface area (Å²) in [6.45, 7) is 5.83. The minimum atomic E-state index is -0.611. The highest BCUT2D eigenvalue weighted by molar-refractivity contribution is 5.23. The molecule has 17 heavy (non-hydrogen) atoms. The van der Waals surface area contributed by atoms with Crippen LogP contribution >= 0.6 is 0 Å². The van der Waals surface area contributed by atoms with Gasteiger partial charge in [0, 0.05) is 18.2 Å². The molecule has 0 aliphatic rings. The van der Waals surface area contributed by atoms with Crippen molar-refractivity contribution in [2.75, 3.05) is 13.1 Å². The van der Waals surface area contributed by atoms with Gasteiger partial charge in [-0.2, -0.15) is 0 Å². The van der Waals surface area contributed by atoms with Crippen LogP contribution in [0.3, 0.4) is 0 Å². The zero-order chi connectivity index (χ0) is 12.7. The van der Waals surface area contributed by atoms with E-state index < -0.39 is 11.6 Å². The molecule has 0 bridgehead atoms. The minimum absolute atomic E-state index is 0.0464. The molecule has 0 saturated carbocycles. The summed E-state index contributed by atoms with van der Waals surface area (Å²) < 4.78 is 31.3. The van der Waals surface area contributed by atoms with E-state index in [0.29, 0.717) is 0 Å². The Bertz CT molecular complexity index is 324. The van der Waals surface area contributed by atoms with Gasteiger partial charge in [-0.3, -0.25) is 0 Å². The molecular weight excluding hydrogens is 224 g/mol. The Morgan fingerprint density at radius 1 is 1.24 bits per heavy atom. The Morgan fingerprint density at radius 2 is 1.88 bits per heavy atom. The van der Waals surface area contributed by atoms with Gasteiger partial charge in [0.25, 0.3) is 0 Å². The molecule has 0 fully saturated rings. The highest BCUT2D eigenvalue weighted by Crippen LogP contribution is 2.17. The molecule has 4 heteroatoms. The average Bonchev–Trinajstić information content (AvgIpc) is 2.23. The van der Waals surface area contributed by atoms with E-state index in [0.717, 1.165) is 32.0 Å². The normalized spacial score (nSPS) is 12.5. The third-order valence-corrected chi connectivity index (χ3v) is 2.39. The maximum atomic E-state index is 12.9. The minimum Gasteiger partial charge on any atom is -0.491 e. The molecule has 1 aromatic rings. The topological polar surface area (TPSA) is 21.3 Å². The molecule has 0 aliphatic heterocycles. The summed E-state index contributed by atoms with van der Waals surface area (Å²) in [4.78, 5) is 0. The molecule has 0 heterocycles. The quantitative estimate of drug-likeness (QED) is 0.743. The van der Waals surface area contributed by atoms with Gasteiger partial charge in [-0.15, -0.1) is 0 Å². The summed E-state index contributed by atoms with van der Waals surface area (Å²) in [5.74, 6) is -0.974. The van der Waals surface area contributed by atoms with Gasteiger partial charge in [-0.05, 0) is 32.9 Å². The number of hydrogen-bond acceptors (Lipinski definition) is 2. The van der Waals surface area contributed by atoms with Crippen LogP contribution in [0.25, 0.3) is 0 Å². The van der Waals surface area contributed by atoms with Crippen LogP contribution in [0, 0.1) is 11.6 Å². The van der Waals surface area contributed by atoms with Gasteiger partial charge in [0.15, 0.2) is 0 Å². The second-order valence-electron chi connectivity index (χ2n) is 4.03. The van der Waals surface area contributed by atoms with Crippen molar-refractivity contribution in [3.8, 4) is 5.75 Å². The Morgan fingerprint density at radius 3 is 2.47 bits per heavy atom. The van der Waals surface area contributed by atoms with Gasteiger partial charge < -0.3 is 10.1 Å². The van der Waals surface area contributed by atoms with E-state index in [-0.39, 0.29) is 11.9 Å². The molecule has 1 N–H and O–H groups in total. The van der Waals surface area contributed by atoms with Crippen molar-refractivity contribution in [2.45, 2.75) is 32.8 Å². The highest BCUT2D eigenvalue weighted by Gasteiger charge is 2.06. The number of hydrogen-bond donors (Lipinski definition) is 1. The second kappa shape index (κ2) is 7.22. The van der Waals surface area contributed by atoms with Gasteiger partial charge in [0.1, 0.15) is 17.4 Å². The average molecular weight is 243 g/mol. The van der Waals surface area contributed by atoms with Crippen molar-refractivity contribution in [3.05, 3.63) is 29.8 Å². The van der Waals surface area contributed by atoms with E-state index in [4.69, 9.17) is 4.74 Å². The molecule has 1 unspecified atom stereocenters. The number of nitrogens with one attached hydrogen (secondary N) is 1. The van der Waals surface area contributed by atoms with Gasteiger partial charge in [0.2, 0.25) is 0 Å². The molecule has 0 spiro atoms. The van der Waals surface area contributed by atoms with E-state index >= 15 is 0 Å². The molecule has 1 aromatic carbocycles. The van der Waals surface area contributed by atoms with Crippen molar-refractivity contribution in [1.82, 2.24) is 5.32 Å². The summed E-state index contributed by atoms with van der Waals surface area (Å²) in [5.41, 5.74) is 0. The second-order valence-corrected chi connectivity index (χ2v) is 4.03. The smallest absolute Gasteiger partial charge is 0.129 e. The van der Waals surface area contributed by atoms with Crippen LogP contribution < -0.4 is 10.1 Å². The first-order valence-corrected chi connectivity index (χ1v) is 5.95. The van der Waals surface area contributed by atoms with Crippen LogP contribution in [-0.4, -0.2) is 19.2 Å². The highest BCUT2D eigenvalue weighted by atomic mass is 19.1. The standard InChI is InChI=1S/C13H19F2NO/c1-3-16-6-4-5-10(2)17-13-8-11(14)7-12(15)9-13/h7-10,16H,3-6H2,1-2H3. The molecule has 1 atom stereocenters. The zero-order valence-electron chi connectivity index (χ0n) is 10.3. The third-order valence-electron chi connectivity index (χ3n) is 2.39. The lowest BCUT2D eigenvalue weighted by molar-refractivity contribution is 0.206. The maximum absolute atomic E-state index is 12.9. The van der Waals surface area contributed by atoms with Crippen molar-refractivity contribution in [2.24, 2.45) is 0 Å². The molecule has 0 aliphatic carbocycles. The predicted molar refractivity (Wildman–Crippen MR) is 64.2 cm³/mol. The van der Waals surface area contributed by atoms with Crippen molar-refractivity contribution in [3.63, 3.8) is 0 Å². The summed E-state index contributed by atoms with van der Waals surface area (Å²) in [5, 5.41) is 3.21. The molecule has 96 valence electrons. The van der Waals surface area contributed by atoms with Crippen LogP contribution in [0.2, 0.25) is 0 Å². The lowest BCUT2D eigenvalue weighted by Crippen LogP contribution is -2.18. The van der Waals surface area contributed by atoms with Crippen LogP contribution in [0.1, 0.15) is 26.7 Å². The number of ether oxygens (including phenoxy) is 1. The van der Waals surface area contributed by atoms with Crippen molar-refractivity contribution in [1.29, 1.82) is 0 Å². The van der Waals surface area contributed by atoms with E-state index in [9.17, 15) is 8.78 Å². The molecular formula is C13H19F2NO. The maximum Gasteiger partial charge on any atom is 0.129 e. The lowest BCUT2D eigenvalue weighted by Gasteiger charge is -2.14. The van der Waals surface area contributed by atoms with Gasteiger partial charge in [-0.25, -0.2) is 8.78 Å². The molecule has 1 rings (SSSR count). The third kappa shape index (κ3) is 5.63. The van der Waals surface area contributed by atoms with E-state index in [2.05, 4.69) is 12.2 Å². The SMILES string of the molecule is CCNCCCC(C)Oc1cc(F)cc(F)c1. The van der Waals surface area contributed by atoms with Crippen LogP contribution in [0.5, 0.6) is 5.75 Å². The van der Waals surface area contributed by atoms with Gasteiger partial charge in [-0.1, -0.05) is 6.92 Å². The lowest BCUT2D eigenvalue weighted by atomic mass is 10.2. The number of rotatable bonds is 7. The fourth-order valence-corrected chi connectivity index (χ4v) is 1.58. The first-order chi connectivity index (χ1) is 8.11. The fraction of sp³-hybridized carbons (Fsp3) is 0.538. The number of benzene rings is 1. The van der Waals surface area contributed by atoms with E-state index in [1.54, 1.807) is 0 Å². The Hall–Kier alpha value is -1.16. The van der Waals surface area contributed by atoms with Crippen LogP contribution in [0.4, 0.5) is 8.78 Å². The monoisotopic (exact) mass is 243 g/mol. The zero-order valence-corrected chi connectivity index (χ0v) is 10.3. The van der Waals surface area contributed by atoms with Crippen LogP contribution in [-0.2, 0) is 0 Å². The molecule has 2 nitrogen and oxygen atoms in total. The Labute approximate surface area is 101 Å². The van der Waals surface area contributed by atoms with Crippen LogP contribution in [0.15, 0.2) is 18.2 Å². The van der Waals surface area contributed by atoms with Crippen molar-refractivity contribution >= 4 is 0 Å². The fourth-order valence-electron chi connectivity index (χ4n) is 1.58. The largest absolute Gasteiger partial charge is 0.491 e. The first-order valence-electron chi connectivity index (χ1n) is 5.95. The van der Waals surface area contributed by atoms with E-state index in [1.165, 1.54) is 12.1 Å². The molecule has 0 saturated heterocycles. The Kier molecular flexibility index (Phi) is 5.91. The number of halogens is 2. The summed E-state index contributed by atoms with van der Waals surface area (Å²) in [6, 6.07) is 3.23. The van der Waals surface area contributed by atoms with E-state index in [1.807, 2.05) is 6.92 Å². The summed E-state index contributed by atoms with van der Waals surface area (Å²) in [7, 11) is 0. The van der Waals surface area contributed by atoms with Gasteiger partial charge in [0.05, 0.1) is 6.10 Å². The van der Waals surface area contributed by atoms with Crippen molar-refractivity contribution < 1.29 is 13.5 Å². The predicted octanol–water partition coefficient (Wildman–Crippen LogP) is 3.12. The molecule has 0 amide bonds. The van der Waals surface area contributed by atoms with Gasteiger partial charge >= 0.3 is 0 Å². The molecule has 0 aromatic heterocycles.